The zero-order chi connectivity index (χ0) is 13.5. The normalized spacial score (nSPS) is 11.6. The highest BCUT2D eigenvalue weighted by Gasteiger charge is 2.30. The van der Waals surface area contributed by atoms with Gasteiger partial charge in [-0.1, -0.05) is 0 Å². The third-order valence-electron chi connectivity index (χ3n) is 2.48. The van der Waals surface area contributed by atoms with Crippen LogP contribution in [0.1, 0.15) is 16.7 Å². The van der Waals surface area contributed by atoms with Gasteiger partial charge in [0.2, 0.25) is 0 Å². The fourth-order valence-corrected chi connectivity index (χ4v) is 3.41. The van der Waals surface area contributed by atoms with Gasteiger partial charge in [-0.05, 0) is 20.8 Å². The Labute approximate surface area is 102 Å². The molecule has 0 aromatic heterocycles. The molecule has 0 radical (unpaired) electrons. The third-order valence-corrected chi connectivity index (χ3v) is 4.04. The molecule has 0 bridgehead atoms. The lowest BCUT2D eigenvalue weighted by molar-refractivity contribution is -0.386. The maximum absolute atomic E-state index is 13.7. The SMILES string of the molecule is Cc1c(F)c(C)c(S(=O)(=O)Cl)c(C)c1[N+](=O)[O-]. The Morgan fingerprint density at radius 3 is 2.00 bits per heavy atom. The first-order chi connectivity index (χ1) is 7.59. The van der Waals surface area contributed by atoms with Crippen molar-refractivity contribution in [3.05, 3.63) is 32.6 Å². The second-order valence-electron chi connectivity index (χ2n) is 3.56. The Balaban J connectivity index is 3.95. The van der Waals surface area contributed by atoms with Gasteiger partial charge in [0.05, 0.1) is 15.4 Å². The van der Waals surface area contributed by atoms with Crippen molar-refractivity contribution < 1.29 is 17.7 Å². The highest BCUT2D eigenvalue weighted by Crippen LogP contribution is 2.35. The lowest BCUT2D eigenvalue weighted by atomic mass is 10.0. The fraction of sp³-hybridized carbons (Fsp3) is 0.333. The zero-order valence-electron chi connectivity index (χ0n) is 9.24. The quantitative estimate of drug-likeness (QED) is 0.474. The number of halogens is 2. The number of rotatable bonds is 2. The molecule has 8 heteroatoms. The molecule has 17 heavy (non-hydrogen) atoms. The summed E-state index contributed by atoms with van der Waals surface area (Å²) in [6, 6.07) is 0. The summed E-state index contributed by atoms with van der Waals surface area (Å²) >= 11 is 0. The second-order valence-corrected chi connectivity index (χ2v) is 6.06. The van der Waals surface area contributed by atoms with Crippen LogP contribution in [0.25, 0.3) is 0 Å². The van der Waals surface area contributed by atoms with Crippen LogP contribution in [-0.4, -0.2) is 13.3 Å². The average Bonchev–Trinajstić information content (AvgIpc) is 2.11. The second kappa shape index (κ2) is 4.23. The van der Waals surface area contributed by atoms with E-state index in [1.54, 1.807) is 0 Å². The minimum atomic E-state index is -4.23. The van der Waals surface area contributed by atoms with Gasteiger partial charge < -0.3 is 0 Å². The first-order valence-corrected chi connectivity index (χ1v) is 6.78. The molecule has 5 nitrogen and oxygen atoms in total. The van der Waals surface area contributed by atoms with E-state index < -0.39 is 30.4 Å². The van der Waals surface area contributed by atoms with E-state index >= 15 is 0 Å². The van der Waals surface area contributed by atoms with E-state index in [2.05, 4.69) is 0 Å². The topological polar surface area (TPSA) is 77.3 Å². The number of hydrogen-bond acceptors (Lipinski definition) is 4. The van der Waals surface area contributed by atoms with Crippen LogP contribution >= 0.6 is 10.7 Å². The van der Waals surface area contributed by atoms with E-state index in [9.17, 15) is 22.9 Å². The molecule has 0 amide bonds. The highest BCUT2D eigenvalue weighted by molar-refractivity contribution is 8.13. The van der Waals surface area contributed by atoms with E-state index in [4.69, 9.17) is 10.7 Å². The van der Waals surface area contributed by atoms with E-state index in [1.807, 2.05) is 0 Å². The summed E-state index contributed by atoms with van der Waals surface area (Å²) in [5.41, 5.74) is -1.12. The molecule has 0 unspecified atom stereocenters. The molecule has 1 rings (SSSR count). The van der Waals surface area contributed by atoms with Gasteiger partial charge in [0, 0.05) is 21.8 Å². The van der Waals surface area contributed by atoms with Crippen molar-refractivity contribution in [1.82, 2.24) is 0 Å². The summed E-state index contributed by atoms with van der Waals surface area (Å²) in [4.78, 5) is 9.43. The van der Waals surface area contributed by atoms with Crippen LogP contribution in [0.5, 0.6) is 0 Å². The molecule has 0 saturated carbocycles. The van der Waals surface area contributed by atoms with Crippen molar-refractivity contribution in [2.45, 2.75) is 25.7 Å². The molecule has 0 atom stereocenters. The summed E-state index contributed by atoms with van der Waals surface area (Å²) in [6.07, 6.45) is 0. The Morgan fingerprint density at radius 1 is 1.18 bits per heavy atom. The van der Waals surface area contributed by atoms with Gasteiger partial charge in [-0.15, -0.1) is 0 Å². The van der Waals surface area contributed by atoms with Crippen LogP contribution in [0.15, 0.2) is 4.90 Å². The molecule has 0 aliphatic carbocycles. The Kier molecular flexibility index (Phi) is 3.45. The van der Waals surface area contributed by atoms with E-state index in [-0.39, 0.29) is 16.7 Å². The van der Waals surface area contributed by atoms with Gasteiger partial charge in [-0.3, -0.25) is 10.1 Å². The first kappa shape index (κ1) is 13.9. The lowest BCUT2D eigenvalue weighted by Gasteiger charge is -2.10. The van der Waals surface area contributed by atoms with E-state index in [0.29, 0.717) is 0 Å². The number of nitro groups is 1. The van der Waals surface area contributed by atoms with Crippen molar-refractivity contribution in [3.63, 3.8) is 0 Å². The molecule has 0 heterocycles. The van der Waals surface area contributed by atoms with Gasteiger partial charge in [0.1, 0.15) is 5.82 Å². The number of hydrogen-bond donors (Lipinski definition) is 0. The van der Waals surface area contributed by atoms with Crippen LogP contribution in [0, 0.1) is 36.7 Å². The average molecular weight is 282 g/mol. The van der Waals surface area contributed by atoms with Gasteiger partial charge >= 0.3 is 0 Å². The molecule has 0 spiro atoms. The molecule has 1 aromatic rings. The standard InChI is InChI=1S/C9H9ClFNO4S/c1-4-7(11)5(2)9(17(10,15)16)6(3)8(4)12(13)14/h1-3H3. The van der Waals surface area contributed by atoms with Crippen molar-refractivity contribution in [2.75, 3.05) is 0 Å². The molecule has 94 valence electrons. The molecule has 0 N–H and O–H groups in total. The summed E-state index contributed by atoms with van der Waals surface area (Å²) in [5.74, 6) is -0.929. The van der Waals surface area contributed by atoms with Crippen molar-refractivity contribution >= 4 is 25.4 Å². The molecular formula is C9H9ClFNO4S. The van der Waals surface area contributed by atoms with Crippen molar-refractivity contribution in [3.8, 4) is 0 Å². The largest absolute Gasteiger partial charge is 0.279 e. The van der Waals surface area contributed by atoms with Crippen LogP contribution in [0.3, 0.4) is 0 Å². The Bertz CT molecular complexity index is 612. The molecular weight excluding hydrogens is 273 g/mol. The molecule has 1 aromatic carbocycles. The van der Waals surface area contributed by atoms with Crippen LogP contribution in [0.4, 0.5) is 10.1 Å². The maximum atomic E-state index is 13.7. The monoisotopic (exact) mass is 281 g/mol. The molecule has 0 fully saturated rings. The van der Waals surface area contributed by atoms with Crippen LogP contribution < -0.4 is 0 Å². The van der Waals surface area contributed by atoms with Crippen molar-refractivity contribution in [2.24, 2.45) is 0 Å². The Hall–Kier alpha value is -1.21. The van der Waals surface area contributed by atoms with Crippen LogP contribution in [-0.2, 0) is 9.05 Å². The minimum Gasteiger partial charge on any atom is -0.258 e. The highest BCUT2D eigenvalue weighted by atomic mass is 35.7. The van der Waals surface area contributed by atoms with Crippen molar-refractivity contribution in [1.29, 1.82) is 0 Å². The lowest BCUT2D eigenvalue weighted by Crippen LogP contribution is -2.07. The zero-order valence-corrected chi connectivity index (χ0v) is 10.8. The van der Waals surface area contributed by atoms with Gasteiger partial charge in [0.15, 0.2) is 0 Å². The Morgan fingerprint density at radius 2 is 1.65 bits per heavy atom. The molecule has 0 aliphatic rings. The predicted octanol–water partition coefficient (Wildman–Crippen LogP) is 2.59. The van der Waals surface area contributed by atoms with Crippen LogP contribution in [0.2, 0.25) is 0 Å². The summed E-state index contributed by atoms with van der Waals surface area (Å²) in [5, 5.41) is 10.8. The van der Waals surface area contributed by atoms with Gasteiger partial charge in [0.25, 0.3) is 14.7 Å². The number of nitro benzene ring substituents is 1. The molecule has 0 aliphatic heterocycles. The van der Waals surface area contributed by atoms with Gasteiger partial charge in [-0.2, -0.15) is 0 Å². The number of benzene rings is 1. The van der Waals surface area contributed by atoms with Gasteiger partial charge in [-0.25, -0.2) is 12.8 Å². The summed E-state index contributed by atoms with van der Waals surface area (Å²) in [7, 11) is 0.921. The smallest absolute Gasteiger partial charge is 0.258 e. The van der Waals surface area contributed by atoms with E-state index in [1.165, 1.54) is 20.8 Å². The molecule has 0 saturated heterocycles. The first-order valence-electron chi connectivity index (χ1n) is 4.47. The summed E-state index contributed by atoms with van der Waals surface area (Å²) in [6.45, 7) is 3.67. The predicted molar refractivity (Wildman–Crippen MR) is 60.3 cm³/mol. The number of nitrogens with zero attached hydrogens (tertiary/aromatic N) is 1. The van der Waals surface area contributed by atoms with E-state index in [0.717, 1.165) is 0 Å². The summed E-state index contributed by atoms with van der Waals surface area (Å²) < 4.78 is 36.3. The fourth-order valence-electron chi connectivity index (χ4n) is 1.79. The third kappa shape index (κ3) is 2.25. The maximum Gasteiger partial charge on any atom is 0.279 e. The minimum absolute atomic E-state index is 0.151.